The summed E-state index contributed by atoms with van der Waals surface area (Å²) < 4.78 is 40.2. The zero-order valence-electron chi connectivity index (χ0n) is 11.9. The molecule has 2 rings (SSSR count). The van der Waals surface area contributed by atoms with Crippen LogP contribution in [-0.2, 0) is 0 Å². The van der Waals surface area contributed by atoms with Gasteiger partial charge in [0.25, 0.3) is 0 Å². The molecule has 1 aliphatic carbocycles. The Hall–Kier alpha value is -1.03. The lowest BCUT2D eigenvalue weighted by Gasteiger charge is -2.36. The van der Waals surface area contributed by atoms with Gasteiger partial charge < -0.3 is 5.11 Å². The Morgan fingerprint density at radius 2 is 1.60 bits per heavy atom. The lowest BCUT2D eigenvalue weighted by molar-refractivity contribution is 0.00845. The van der Waals surface area contributed by atoms with E-state index in [0.29, 0.717) is 12.0 Å². The molecule has 1 N–H and O–H groups in total. The van der Waals surface area contributed by atoms with Crippen molar-refractivity contribution in [1.82, 2.24) is 0 Å². The van der Waals surface area contributed by atoms with Crippen LogP contribution in [0.25, 0.3) is 0 Å². The summed E-state index contributed by atoms with van der Waals surface area (Å²) in [5.74, 6) is -2.84. The molecule has 1 saturated carbocycles. The monoisotopic (exact) mass is 286 g/mol. The van der Waals surface area contributed by atoms with Crippen LogP contribution in [0.2, 0.25) is 0 Å². The molecule has 0 bridgehead atoms. The second-order valence-corrected chi connectivity index (χ2v) is 6.36. The fourth-order valence-electron chi connectivity index (χ4n) is 3.56. The van der Waals surface area contributed by atoms with Crippen molar-refractivity contribution in [1.29, 1.82) is 0 Å². The Labute approximate surface area is 117 Å². The van der Waals surface area contributed by atoms with Crippen LogP contribution in [0, 0.1) is 28.8 Å². The van der Waals surface area contributed by atoms with E-state index < -0.39 is 29.0 Å². The predicted molar refractivity (Wildman–Crippen MR) is 71.6 cm³/mol. The number of hydrogen-bond donors (Lipinski definition) is 1. The third-order valence-corrected chi connectivity index (χ3v) is 4.33. The first-order valence-corrected chi connectivity index (χ1v) is 7.18. The maximum absolute atomic E-state index is 13.9. The molecular weight excluding hydrogens is 265 g/mol. The largest absolute Gasteiger partial charge is 0.388 e. The fourth-order valence-corrected chi connectivity index (χ4v) is 3.56. The third-order valence-electron chi connectivity index (χ3n) is 4.33. The van der Waals surface area contributed by atoms with Gasteiger partial charge in [-0.2, -0.15) is 0 Å². The SMILES string of the molecule is CC(C)CC1(C(O)c2cc(F)c(F)cc2F)CCCC1. The first kappa shape index (κ1) is 15.4. The number of rotatable bonds is 4. The second-order valence-electron chi connectivity index (χ2n) is 6.36. The highest BCUT2D eigenvalue weighted by Crippen LogP contribution is 2.52. The Morgan fingerprint density at radius 3 is 2.15 bits per heavy atom. The lowest BCUT2D eigenvalue weighted by atomic mass is 9.72. The Morgan fingerprint density at radius 1 is 1.05 bits per heavy atom. The van der Waals surface area contributed by atoms with Gasteiger partial charge in [-0.25, -0.2) is 13.2 Å². The molecule has 1 fully saturated rings. The Balaban J connectivity index is 2.37. The van der Waals surface area contributed by atoms with Gasteiger partial charge in [0.05, 0.1) is 6.10 Å². The van der Waals surface area contributed by atoms with Crippen molar-refractivity contribution in [3.8, 4) is 0 Å². The molecular formula is C16H21F3O. The quantitative estimate of drug-likeness (QED) is 0.792. The summed E-state index contributed by atoms with van der Waals surface area (Å²) >= 11 is 0. The highest BCUT2D eigenvalue weighted by Gasteiger charge is 2.42. The molecule has 112 valence electrons. The summed E-state index contributed by atoms with van der Waals surface area (Å²) in [4.78, 5) is 0. The second kappa shape index (κ2) is 5.76. The van der Waals surface area contributed by atoms with Crippen LogP contribution in [0.4, 0.5) is 13.2 Å². The van der Waals surface area contributed by atoms with Gasteiger partial charge in [0, 0.05) is 17.0 Å². The van der Waals surface area contributed by atoms with Gasteiger partial charge >= 0.3 is 0 Å². The minimum absolute atomic E-state index is 0.119. The summed E-state index contributed by atoms with van der Waals surface area (Å²) in [7, 11) is 0. The Bertz CT molecular complexity index is 479. The number of benzene rings is 1. The smallest absolute Gasteiger partial charge is 0.161 e. The zero-order chi connectivity index (χ0) is 14.9. The van der Waals surface area contributed by atoms with Crippen molar-refractivity contribution in [3.05, 3.63) is 35.1 Å². The molecule has 1 unspecified atom stereocenters. The van der Waals surface area contributed by atoms with Crippen LogP contribution in [0.3, 0.4) is 0 Å². The van der Waals surface area contributed by atoms with Crippen LogP contribution in [-0.4, -0.2) is 5.11 Å². The molecule has 0 amide bonds. The van der Waals surface area contributed by atoms with Crippen molar-refractivity contribution < 1.29 is 18.3 Å². The van der Waals surface area contributed by atoms with Crippen molar-refractivity contribution >= 4 is 0 Å². The maximum atomic E-state index is 13.9. The van der Waals surface area contributed by atoms with Crippen molar-refractivity contribution in [2.45, 2.75) is 52.1 Å². The van der Waals surface area contributed by atoms with Gasteiger partial charge in [0.2, 0.25) is 0 Å². The van der Waals surface area contributed by atoms with E-state index in [4.69, 9.17) is 0 Å². The van der Waals surface area contributed by atoms with E-state index in [0.717, 1.165) is 38.2 Å². The van der Waals surface area contributed by atoms with Gasteiger partial charge in [-0.1, -0.05) is 26.7 Å². The topological polar surface area (TPSA) is 20.2 Å². The minimum Gasteiger partial charge on any atom is -0.388 e. The molecule has 20 heavy (non-hydrogen) atoms. The van der Waals surface area contributed by atoms with Crippen LogP contribution >= 0.6 is 0 Å². The summed E-state index contributed by atoms with van der Waals surface area (Å²) in [5.41, 5.74) is -0.536. The first-order valence-electron chi connectivity index (χ1n) is 7.18. The molecule has 0 aliphatic heterocycles. The molecule has 4 heteroatoms. The number of hydrogen-bond acceptors (Lipinski definition) is 1. The van der Waals surface area contributed by atoms with Crippen LogP contribution in [0.1, 0.15) is 57.6 Å². The average molecular weight is 286 g/mol. The third kappa shape index (κ3) is 2.85. The molecule has 1 atom stereocenters. The van der Waals surface area contributed by atoms with Gasteiger partial charge in [-0.15, -0.1) is 0 Å². The van der Waals surface area contributed by atoms with E-state index in [9.17, 15) is 18.3 Å². The van der Waals surface area contributed by atoms with Gasteiger partial charge in [-0.05, 0) is 31.2 Å². The molecule has 1 nitrogen and oxygen atoms in total. The molecule has 0 heterocycles. The zero-order valence-corrected chi connectivity index (χ0v) is 11.9. The molecule has 0 aromatic heterocycles. The average Bonchev–Trinajstić information content (AvgIpc) is 2.81. The number of aliphatic hydroxyl groups excluding tert-OH is 1. The highest BCUT2D eigenvalue weighted by molar-refractivity contribution is 5.24. The first-order chi connectivity index (χ1) is 9.35. The van der Waals surface area contributed by atoms with E-state index >= 15 is 0 Å². The summed E-state index contributed by atoms with van der Waals surface area (Å²) in [6, 6.07) is 1.32. The Kier molecular flexibility index (Phi) is 4.43. The van der Waals surface area contributed by atoms with Crippen molar-refractivity contribution in [2.24, 2.45) is 11.3 Å². The standard InChI is InChI=1S/C16H21F3O/c1-10(2)9-16(5-3-4-6-16)15(20)11-7-13(18)14(19)8-12(11)17/h7-8,10,15,20H,3-6,9H2,1-2H3. The molecule has 0 spiro atoms. The summed E-state index contributed by atoms with van der Waals surface area (Å²) in [5, 5.41) is 10.6. The van der Waals surface area contributed by atoms with E-state index in [2.05, 4.69) is 0 Å². The maximum Gasteiger partial charge on any atom is 0.161 e. The number of aliphatic hydroxyl groups is 1. The summed E-state index contributed by atoms with van der Waals surface area (Å²) in [6.07, 6.45) is 3.23. The molecule has 0 radical (unpaired) electrons. The van der Waals surface area contributed by atoms with Gasteiger partial charge in [0.1, 0.15) is 5.82 Å². The van der Waals surface area contributed by atoms with Crippen LogP contribution in [0.5, 0.6) is 0 Å². The lowest BCUT2D eigenvalue weighted by Crippen LogP contribution is -2.28. The van der Waals surface area contributed by atoms with Crippen LogP contribution < -0.4 is 0 Å². The molecule has 1 aliphatic rings. The van der Waals surface area contributed by atoms with E-state index in [1.165, 1.54) is 0 Å². The van der Waals surface area contributed by atoms with Crippen molar-refractivity contribution in [3.63, 3.8) is 0 Å². The molecule has 1 aromatic carbocycles. The highest BCUT2D eigenvalue weighted by atomic mass is 19.2. The minimum atomic E-state index is -1.22. The fraction of sp³-hybridized carbons (Fsp3) is 0.625. The van der Waals surface area contributed by atoms with Gasteiger partial charge in [-0.3, -0.25) is 0 Å². The van der Waals surface area contributed by atoms with E-state index in [1.807, 2.05) is 13.8 Å². The summed E-state index contributed by atoms with van der Waals surface area (Å²) in [6.45, 7) is 4.10. The van der Waals surface area contributed by atoms with Crippen LogP contribution in [0.15, 0.2) is 12.1 Å². The van der Waals surface area contributed by atoms with Gasteiger partial charge in [0.15, 0.2) is 11.6 Å². The predicted octanol–water partition coefficient (Wildman–Crippen LogP) is 4.74. The molecule has 1 aromatic rings. The van der Waals surface area contributed by atoms with Crippen molar-refractivity contribution in [2.75, 3.05) is 0 Å². The normalized spacial score (nSPS) is 19.6. The van der Waals surface area contributed by atoms with E-state index in [-0.39, 0.29) is 5.56 Å². The van der Waals surface area contributed by atoms with E-state index in [1.54, 1.807) is 0 Å². The molecule has 0 saturated heterocycles. The number of halogens is 3.